The number of carbonyl (C=O) groups is 1. The predicted molar refractivity (Wildman–Crippen MR) is 81.8 cm³/mol. The van der Waals surface area contributed by atoms with Crippen LogP contribution in [0.4, 0.5) is 5.82 Å². The van der Waals surface area contributed by atoms with E-state index < -0.39 is 5.97 Å². The largest absolute Gasteiger partial charge is 0.481 e. The first-order valence-corrected chi connectivity index (χ1v) is 7.22. The third kappa shape index (κ3) is 2.91. The molecular formula is C16H18N2O3. The van der Waals surface area contributed by atoms with Crippen molar-refractivity contribution in [1.29, 1.82) is 0 Å². The summed E-state index contributed by atoms with van der Waals surface area (Å²) in [5.74, 6) is 0.472. The first kappa shape index (κ1) is 13.7. The highest BCUT2D eigenvalue weighted by Crippen LogP contribution is 2.26. The molecule has 0 radical (unpaired) electrons. The maximum absolute atomic E-state index is 12.1. The van der Waals surface area contributed by atoms with E-state index in [9.17, 15) is 9.59 Å². The van der Waals surface area contributed by atoms with E-state index in [0.717, 1.165) is 30.7 Å². The fourth-order valence-electron chi connectivity index (χ4n) is 2.98. The molecule has 1 fully saturated rings. The van der Waals surface area contributed by atoms with E-state index in [0.29, 0.717) is 17.7 Å². The Bertz CT molecular complexity index is 723. The lowest BCUT2D eigenvalue weighted by atomic mass is 10.0. The summed E-state index contributed by atoms with van der Waals surface area (Å²) in [5.41, 5.74) is -0.0721. The number of aromatic nitrogens is 1. The standard InChI is InChI=1S/C16H18N2O3/c19-15(20)6-5-11-7-8-18(10-11)14-9-12-3-1-2-4-13(12)16(21)17-14/h1-4,9,11H,5-8,10H2,(H,17,21)(H,19,20). The minimum absolute atomic E-state index is 0.0721. The van der Waals surface area contributed by atoms with E-state index >= 15 is 0 Å². The maximum Gasteiger partial charge on any atom is 0.303 e. The van der Waals surface area contributed by atoms with Crippen LogP contribution in [0.25, 0.3) is 10.8 Å². The Morgan fingerprint density at radius 1 is 1.38 bits per heavy atom. The van der Waals surface area contributed by atoms with Crippen LogP contribution in [0.3, 0.4) is 0 Å². The number of carboxylic acids is 1. The number of pyridine rings is 1. The second-order valence-electron chi connectivity index (χ2n) is 5.60. The third-order valence-corrected chi connectivity index (χ3v) is 4.13. The van der Waals surface area contributed by atoms with E-state index in [4.69, 9.17) is 5.11 Å². The van der Waals surface area contributed by atoms with Crippen LogP contribution in [0.5, 0.6) is 0 Å². The zero-order valence-electron chi connectivity index (χ0n) is 11.7. The van der Waals surface area contributed by atoms with Crippen molar-refractivity contribution >= 4 is 22.6 Å². The van der Waals surface area contributed by atoms with Crippen molar-refractivity contribution in [3.63, 3.8) is 0 Å². The number of H-pyrrole nitrogens is 1. The molecule has 1 aromatic carbocycles. The van der Waals surface area contributed by atoms with Crippen LogP contribution in [0.15, 0.2) is 35.1 Å². The average Bonchev–Trinajstić information content (AvgIpc) is 2.94. The molecule has 1 aliphatic rings. The van der Waals surface area contributed by atoms with Gasteiger partial charge in [-0.1, -0.05) is 18.2 Å². The van der Waals surface area contributed by atoms with Gasteiger partial charge in [0.05, 0.1) is 0 Å². The number of carboxylic acid groups (broad SMARTS) is 1. The molecule has 0 aliphatic carbocycles. The number of hydrogen-bond donors (Lipinski definition) is 2. The van der Waals surface area contributed by atoms with E-state index in [-0.39, 0.29) is 12.0 Å². The molecule has 2 aromatic rings. The lowest BCUT2D eigenvalue weighted by Gasteiger charge is -2.18. The highest BCUT2D eigenvalue weighted by Gasteiger charge is 2.24. The Labute approximate surface area is 122 Å². The number of anilines is 1. The predicted octanol–water partition coefficient (Wildman–Crippen LogP) is 2.22. The number of hydrogen-bond acceptors (Lipinski definition) is 3. The van der Waals surface area contributed by atoms with Crippen LogP contribution in [-0.4, -0.2) is 29.1 Å². The highest BCUT2D eigenvalue weighted by atomic mass is 16.4. The Kier molecular flexibility index (Phi) is 3.64. The number of nitrogens with one attached hydrogen (secondary N) is 1. The number of aromatic amines is 1. The Morgan fingerprint density at radius 3 is 3.00 bits per heavy atom. The summed E-state index contributed by atoms with van der Waals surface area (Å²) < 4.78 is 0. The van der Waals surface area contributed by atoms with Crippen LogP contribution in [0.1, 0.15) is 19.3 Å². The van der Waals surface area contributed by atoms with Gasteiger partial charge in [-0.05, 0) is 36.3 Å². The number of fused-ring (bicyclic) bond motifs is 1. The Morgan fingerprint density at radius 2 is 2.19 bits per heavy atom. The normalized spacial score (nSPS) is 18.3. The van der Waals surface area contributed by atoms with Gasteiger partial charge in [0, 0.05) is 24.9 Å². The van der Waals surface area contributed by atoms with Crippen LogP contribution in [0.2, 0.25) is 0 Å². The Hall–Kier alpha value is -2.30. The molecule has 1 unspecified atom stereocenters. The number of benzene rings is 1. The minimum atomic E-state index is -0.743. The maximum atomic E-state index is 12.1. The molecule has 1 aliphatic heterocycles. The number of aliphatic carboxylic acids is 1. The quantitative estimate of drug-likeness (QED) is 0.904. The molecule has 0 spiro atoms. The van der Waals surface area contributed by atoms with Crippen LogP contribution in [0, 0.1) is 5.92 Å². The molecule has 0 bridgehead atoms. The molecular weight excluding hydrogens is 268 g/mol. The first-order chi connectivity index (χ1) is 10.1. The first-order valence-electron chi connectivity index (χ1n) is 7.22. The summed E-state index contributed by atoms with van der Waals surface area (Å²) in [6, 6.07) is 9.53. The lowest BCUT2D eigenvalue weighted by Crippen LogP contribution is -2.23. The summed E-state index contributed by atoms with van der Waals surface area (Å²) in [5, 5.41) is 10.4. The molecule has 5 heteroatoms. The highest BCUT2D eigenvalue weighted by molar-refractivity contribution is 5.83. The molecule has 3 rings (SSSR count). The van der Waals surface area contributed by atoms with E-state index in [1.54, 1.807) is 0 Å². The van der Waals surface area contributed by atoms with Crippen LogP contribution >= 0.6 is 0 Å². The lowest BCUT2D eigenvalue weighted by molar-refractivity contribution is -0.137. The molecule has 2 heterocycles. The van der Waals surface area contributed by atoms with Crippen molar-refractivity contribution in [3.05, 3.63) is 40.7 Å². The van der Waals surface area contributed by atoms with Gasteiger partial charge in [0.15, 0.2) is 0 Å². The molecule has 0 saturated carbocycles. The smallest absolute Gasteiger partial charge is 0.303 e. The second-order valence-corrected chi connectivity index (χ2v) is 5.60. The van der Waals surface area contributed by atoms with Gasteiger partial charge in [-0.2, -0.15) is 0 Å². The zero-order valence-corrected chi connectivity index (χ0v) is 11.7. The molecule has 1 saturated heterocycles. The fourth-order valence-corrected chi connectivity index (χ4v) is 2.98. The van der Waals surface area contributed by atoms with E-state index in [2.05, 4.69) is 9.88 Å². The van der Waals surface area contributed by atoms with E-state index in [1.165, 1.54) is 0 Å². The van der Waals surface area contributed by atoms with Crippen molar-refractivity contribution in [3.8, 4) is 0 Å². The summed E-state index contributed by atoms with van der Waals surface area (Å²) in [6.07, 6.45) is 1.89. The van der Waals surface area contributed by atoms with Crippen LogP contribution in [-0.2, 0) is 4.79 Å². The van der Waals surface area contributed by atoms with E-state index in [1.807, 2.05) is 30.3 Å². The van der Waals surface area contributed by atoms with Crippen molar-refractivity contribution in [1.82, 2.24) is 4.98 Å². The van der Waals surface area contributed by atoms with Gasteiger partial charge in [0.25, 0.3) is 5.56 Å². The summed E-state index contributed by atoms with van der Waals surface area (Å²) >= 11 is 0. The fraction of sp³-hybridized carbons (Fsp3) is 0.375. The van der Waals surface area contributed by atoms with Gasteiger partial charge in [-0.25, -0.2) is 0 Å². The monoisotopic (exact) mass is 286 g/mol. The second kappa shape index (κ2) is 5.60. The molecule has 1 atom stereocenters. The topological polar surface area (TPSA) is 73.4 Å². The molecule has 5 nitrogen and oxygen atoms in total. The van der Waals surface area contributed by atoms with Crippen molar-refractivity contribution in [2.24, 2.45) is 5.92 Å². The number of nitrogens with zero attached hydrogens (tertiary/aromatic N) is 1. The molecule has 21 heavy (non-hydrogen) atoms. The van der Waals surface area contributed by atoms with Gasteiger partial charge < -0.3 is 15.0 Å². The third-order valence-electron chi connectivity index (χ3n) is 4.13. The SMILES string of the molecule is O=C(O)CCC1CCN(c2cc3ccccc3c(=O)[nH]2)C1. The van der Waals surface area contributed by atoms with Gasteiger partial charge >= 0.3 is 5.97 Å². The Balaban J connectivity index is 1.79. The van der Waals surface area contributed by atoms with Crippen molar-refractivity contribution in [2.75, 3.05) is 18.0 Å². The van der Waals surface area contributed by atoms with Crippen LogP contribution < -0.4 is 10.5 Å². The van der Waals surface area contributed by atoms with Gasteiger partial charge in [-0.15, -0.1) is 0 Å². The van der Waals surface area contributed by atoms with Gasteiger partial charge in [0.1, 0.15) is 5.82 Å². The molecule has 0 amide bonds. The summed E-state index contributed by atoms with van der Waals surface area (Å²) in [4.78, 5) is 27.8. The molecule has 2 N–H and O–H groups in total. The van der Waals surface area contributed by atoms with Gasteiger partial charge in [0.2, 0.25) is 0 Å². The van der Waals surface area contributed by atoms with Crippen molar-refractivity contribution < 1.29 is 9.90 Å². The van der Waals surface area contributed by atoms with Gasteiger partial charge in [-0.3, -0.25) is 9.59 Å². The summed E-state index contributed by atoms with van der Waals surface area (Å²) in [6.45, 7) is 1.67. The summed E-state index contributed by atoms with van der Waals surface area (Å²) in [7, 11) is 0. The molecule has 1 aromatic heterocycles. The zero-order chi connectivity index (χ0) is 14.8. The average molecular weight is 286 g/mol. The molecule has 110 valence electrons. The minimum Gasteiger partial charge on any atom is -0.481 e. The van der Waals surface area contributed by atoms with Crippen molar-refractivity contribution in [2.45, 2.75) is 19.3 Å². The number of rotatable bonds is 4.